The molecule has 0 saturated heterocycles. The Bertz CT molecular complexity index is 1430. The number of anilines is 1. The molecule has 0 fully saturated rings. The Hall–Kier alpha value is -3.65. The minimum Gasteiger partial charge on any atom is -0.334 e. The molecule has 1 amide bonds. The van der Waals surface area contributed by atoms with E-state index in [0.717, 1.165) is 29.0 Å². The molecule has 4 aromatic rings. The van der Waals surface area contributed by atoms with Crippen LogP contribution in [0.3, 0.4) is 0 Å². The molecule has 8 heteroatoms. The normalized spacial score (nSPS) is 11.5. The number of hydrogen-bond acceptors (Lipinski definition) is 4. The lowest BCUT2D eigenvalue weighted by molar-refractivity contribution is 0.0780. The molecule has 0 unspecified atom stereocenters. The fourth-order valence-corrected chi connectivity index (χ4v) is 5.12. The number of benzene rings is 3. The highest BCUT2D eigenvalue weighted by Gasteiger charge is 2.22. The third-order valence-corrected chi connectivity index (χ3v) is 7.73. The summed E-state index contributed by atoms with van der Waals surface area (Å²) in [4.78, 5) is 19.6. The van der Waals surface area contributed by atoms with E-state index >= 15 is 0 Å². The fourth-order valence-electron chi connectivity index (χ4n) is 3.92. The lowest BCUT2D eigenvalue weighted by Crippen LogP contribution is -2.28. The predicted octanol–water partition coefficient (Wildman–Crippen LogP) is 4.46. The van der Waals surface area contributed by atoms with E-state index in [0.29, 0.717) is 17.8 Å². The van der Waals surface area contributed by atoms with Crippen LogP contribution in [0.15, 0.2) is 77.7 Å². The Morgan fingerprint density at radius 3 is 2.24 bits per heavy atom. The molecule has 0 bridgehead atoms. The van der Waals surface area contributed by atoms with Crippen LogP contribution in [0.4, 0.5) is 5.69 Å². The summed E-state index contributed by atoms with van der Waals surface area (Å²) in [6.07, 6.45) is 0. The number of para-hydroxylation sites is 2. The zero-order valence-corrected chi connectivity index (χ0v) is 20.6. The van der Waals surface area contributed by atoms with Gasteiger partial charge in [0.05, 0.1) is 28.2 Å². The van der Waals surface area contributed by atoms with Crippen LogP contribution in [0.25, 0.3) is 11.0 Å². The molecule has 4 rings (SSSR count). The number of aryl methyl sites for hydroxylation is 2. The van der Waals surface area contributed by atoms with Crippen molar-refractivity contribution in [3.05, 3.63) is 89.7 Å². The summed E-state index contributed by atoms with van der Waals surface area (Å²) in [5.41, 5.74) is 3.90. The first-order valence-corrected chi connectivity index (χ1v) is 12.5. The first-order valence-electron chi connectivity index (χ1n) is 11.1. The number of carbonyl (C=O) groups is 1. The maximum Gasteiger partial charge on any atom is 0.264 e. The zero-order chi connectivity index (χ0) is 24.5. The highest BCUT2D eigenvalue weighted by molar-refractivity contribution is 7.92. The minimum absolute atomic E-state index is 0.162. The van der Waals surface area contributed by atoms with E-state index < -0.39 is 10.0 Å². The van der Waals surface area contributed by atoms with Crippen LogP contribution in [0, 0.1) is 6.92 Å². The summed E-state index contributed by atoms with van der Waals surface area (Å²) in [5.74, 6) is 0.658. The smallest absolute Gasteiger partial charge is 0.264 e. The third-order valence-electron chi connectivity index (χ3n) is 5.93. The first-order chi connectivity index (χ1) is 16.2. The van der Waals surface area contributed by atoms with Gasteiger partial charge in [-0.25, -0.2) is 13.4 Å². The molecule has 0 aliphatic heterocycles. The Labute approximate surface area is 200 Å². The molecule has 0 aliphatic carbocycles. The van der Waals surface area contributed by atoms with Crippen molar-refractivity contribution < 1.29 is 13.2 Å². The number of rotatable bonds is 7. The van der Waals surface area contributed by atoms with Gasteiger partial charge >= 0.3 is 0 Å². The van der Waals surface area contributed by atoms with Gasteiger partial charge in [0.1, 0.15) is 5.82 Å². The van der Waals surface area contributed by atoms with Gasteiger partial charge in [0.2, 0.25) is 0 Å². The number of sulfonamides is 1. The van der Waals surface area contributed by atoms with Crippen molar-refractivity contribution in [1.29, 1.82) is 0 Å². The largest absolute Gasteiger partial charge is 0.334 e. The average Bonchev–Trinajstić information content (AvgIpc) is 3.20. The Morgan fingerprint density at radius 1 is 0.941 bits per heavy atom. The molecule has 0 aliphatic rings. The van der Waals surface area contributed by atoms with Crippen molar-refractivity contribution in [2.45, 2.75) is 31.8 Å². The fraction of sp³-hybridized carbons (Fsp3) is 0.231. The topological polar surface area (TPSA) is 75.5 Å². The average molecular weight is 477 g/mol. The summed E-state index contributed by atoms with van der Waals surface area (Å²) >= 11 is 0. The van der Waals surface area contributed by atoms with Crippen molar-refractivity contribution in [1.82, 2.24) is 14.5 Å². The summed E-state index contributed by atoms with van der Waals surface area (Å²) in [6, 6.07) is 21.2. The van der Waals surface area contributed by atoms with Gasteiger partial charge in [-0.3, -0.25) is 9.10 Å². The number of hydrogen-bond donors (Lipinski definition) is 0. The Balaban J connectivity index is 1.51. The molecule has 176 valence electrons. The lowest BCUT2D eigenvalue weighted by atomic mass is 10.2. The molecule has 0 spiro atoms. The van der Waals surface area contributed by atoms with E-state index in [2.05, 4.69) is 11.5 Å². The van der Waals surface area contributed by atoms with Crippen LogP contribution in [-0.2, 0) is 23.1 Å². The van der Waals surface area contributed by atoms with Gasteiger partial charge in [0.25, 0.3) is 15.9 Å². The first kappa shape index (κ1) is 23.5. The number of aromatic nitrogens is 2. The van der Waals surface area contributed by atoms with Crippen molar-refractivity contribution >= 4 is 32.7 Å². The maximum absolute atomic E-state index is 13.1. The van der Waals surface area contributed by atoms with Crippen LogP contribution in [0.2, 0.25) is 0 Å². The Kier molecular flexibility index (Phi) is 6.43. The zero-order valence-electron chi connectivity index (χ0n) is 19.8. The molecule has 3 aromatic carbocycles. The third kappa shape index (κ3) is 4.41. The molecule has 0 N–H and O–H groups in total. The van der Waals surface area contributed by atoms with Gasteiger partial charge in [-0.2, -0.15) is 0 Å². The molecule has 0 radical (unpaired) electrons. The van der Waals surface area contributed by atoms with E-state index in [1.54, 1.807) is 60.5 Å². The van der Waals surface area contributed by atoms with Crippen molar-refractivity contribution in [3.8, 4) is 0 Å². The van der Waals surface area contributed by atoms with Crippen LogP contribution >= 0.6 is 0 Å². The van der Waals surface area contributed by atoms with Crippen molar-refractivity contribution in [2.24, 2.45) is 0 Å². The van der Waals surface area contributed by atoms with Gasteiger partial charge in [-0.05, 0) is 62.4 Å². The minimum atomic E-state index is -3.69. The van der Waals surface area contributed by atoms with E-state index in [9.17, 15) is 13.2 Å². The molecule has 34 heavy (non-hydrogen) atoms. The monoisotopic (exact) mass is 476 g/mol. The van der Waals surface area contributed by atoms with Gasteiger partial charge in [-0.1, -0.05) is 29.8 Å². The van der Waals surface area contributed by atoms with Crippen LogP contribution in [0.5, 0.6) is 0 Å². The summed E-state index contributed by atoms with van der Waals surface area (Å²) in [5, 5.41) is 0. The predicted molar refractivity (Wildman–Crippen MR) is 134 cm³/mol. The number of amides is 1. The number of nitrogens with zero attached hydrogens (tertiary/aromatic N) is 4. The highest BCUT2D eigenvalue weighted by Crippen LogP contribution is 2.23. The second kappa shape index (κ2) is 9.30. The van der Waals surface area contributed by atoms with E-state index in [1.165, 1.54) is 11.4 Å². The highest BCUT2D eigenvalue weighted by atomic mass is 32.2. The molecule has 7 nitrogen and oxygen atoms in total. The van der Waals surface area contributed by atoms with Gasteiger partial charge in [-0.15, -0.1) is 0 Å². The number of imidazole rings is 1. The van der Waals surface area contributed by atoms with E-state index in [-0.39, 0.29) is 10.8 Å². The van der Waals surface area contributed by atoms with Gasteiger partial charge in [0.15, 0.2) is 0 Å². The number of carbonyl (C=O) groups excluding carboxylic acids is 1. The molecular weight excluding hydrogens is 448 g/mol. The second-order valence-corrected chi connectivity index (χ2v) is 10.2. The summed E-state index contributed by atoms with van der Waals surface area (Å²) < 4.78 is 29.2. The van der Waals surface area contributed by atoms with Crippen molar-refractivity contribution in [3.63, 3.8) is 0 Å². The summed E-state index contributed by atoms with van der Waals surface area (Å²) in [6.45, 7) is 5.09. The second-order valence-electron chi connectivity index (χ2n) is 8.25. The van der Waals surface area contributed by atoms with Crippen LogP contribution in [0.1, 0.15) is 28.7 Å². The van der Waals surface area contributed by atoms with Crippen LogP contribution < -0.4 is 4.31 Å². The van der Waals surface area contributed by atoms with E-state index in [4.69, 9.17) is 4.98 Å². The standard InChI is InChI=1S/C26H28N4O3S/c1-5-30-24-9-7-6-8-23(24)27-25(30)18-28(3)26(31)20-12-14-21(15-13-20)29(4)34(32,33)22-16-10-19(2)11-17-22/h6-17H,5,18H2,1-4H3. The number of fused-ring (bicyclic) bond motifs is 1. The maximum atomic E-state index is 13.1. The van der Waals surface area contributed by atoms with Crippen LogP contribution in [-0.4, -0.2) is 42.9 Å². The summed E-state index contributed by atoms with van der Waals surface area (Å²) in [7, 11) is -0.446. The Morgan fingerprint density at radius 2 is 1.59 bits per heavy atom. The molecule has 0 saturated carbocycles. The molecule has 1 aromatic heterocycles. The SMILES string of the molecule is CCn1c(CN(C)C(=O)c2ccc(N(C)S(=O)(=O)c3ccc(C)cc3)cc2)nc2ccccc21. The molecule has 1 heterocycles. The molecule has 0 atom stereocenters. The van der Waals surface area contributed by atoms with Gasteiger partial charge in [0, 0.05) is 26.2 Å². The van der Waals surface area contributed by atoms with Gasteiger partial charge < -0.3 is 9.47 Å². The molecular formula is C26H28N4O3S. The quantitative estimate of drug-likeness (QED) is 0.395. The lowest BCUT2D eigenvalue weighted by Gasteiger charge is -2.21. The van der Waals surface area contributed by atoms with Crippen molar-refractivity contribution in [2.75, 3.05) is 18.4 Å². The van der Waals surface area contributed by atoms with E-state index in [1.807, 2.05) is 31.2 Å².